The van der Waals surface area contributed by atoms with Crippen LogP contribution in [-0.2, 0) is 11.8 Å². The maximum atomic E-state index is 12.6. The number of rotatable bonds is 3. The van der Waals surface area contributed by atoms with Gasteiger partial charge in [-0.25, -0.2) is 9.67 Å². The highest BCUT2D eigenvalue weighted by atomic mass is 16.5. The number of ether oxygens (including phenoxy) is 1. The van der Waals surface area contributed by atoms with Gasteiger partial charge >= 0.3 is 0 Å². The molecule has 1 spiro atoms. The number of aromatic nitrogens is 3. The van der Waals surface area contributed by atoms with Gasteiger partial charge in [0.2, 0.25) is 5.82 Å². The van der Waals surface area contributed by atoms with E-state index in [2.05, 4.69) is 21.9 Å². The summed E-state index contributed by atoms with van der Waals surface area (Å²) in [5, 5.41) is 4.01. The Morgan fingerprint density at radius 1 is 1.35 bits per heavy atom. The van der Waals surface area contributed by atoms with Crippen LogP contribution in [0.15, 0.2) is 6.33 Å². The maximum absolute atomic E-state index is 12.6. The van der Waals surface area contributed by atoms with Crippen LogP contribution in [0.5, 0.6) is 0 Å². The third-order valence-electron chi connectivity index (χ3n) is 6.50. The van der Waals surface area contributed by atoms with Crippen molar-refractivity contribution in [3.8, 4) is 0 Å². The number of carbonyl (C=O) groups is 1. The lowest BCUT2D eigenvalue weighted by molar-refractivity contribution is 0.0396. The average molecular weight is 361 g/mol. The van der Waals surface area contributed by atoms with Crippen LogP contribution in [-0.4, -0.2) is 75.9 Å². The summed E-state index contributed by atoms with van der Waals surface area (Å²) in [6.07, 6.45) is 7.69. The van der Waals surface area contributed by atoms with E-state index in [1.807, 2.05) is 4.90 Å². The van der Waals surface area contributed by atoms with E-state index in [1.54, 1.807) is 11.7 Å². The zero-order valence-electron chi connectivity index (χ0n) is 16.1. The van der Waals surface area contributed by atoms with Crippen LogP contribution in [0, 0.1) is 11.3 Å². The average Bonchev–Trinajstić information content (AvgIpc) is 3.22. The van der Waals surface area contributed by atoms with Gasteiger partial charge in [-0.15, -0.1) is 0 Å². The Morgan fingerprint density at radius 3 is 2.85 bits per heavy atom. The summed E-state index contributed by atoms with van der Waals surface area (Å²) in [6, 6.07) is 0. The summed E-state index contributed by atoms with van der Waals surface area (Å²) in [7, 11) is 1.77. The molecule has 0 saturated carbocycles. The second-order valence-electron chi connectivity index (χ2n) is 8.64. The van der Waals surface area contributed by atoms with Gasteiger partial charge in [0, 0.05) is 33.2 Å². The molecule has 7 heteroatoms. The Labute approximate surface area is 155 Å². The van der Waals surface area contributed by atoms with Gasteiger partial charge in [-0.05, 0) is 50.0 Å². The molecule has 3 aliphatic rings. The van der Waals surface area contributed by atoms with E-state index < -0.39 is 0 Å². The van der Waals surface area contributed by atoms with Crippen LogP contribution < -0.4 is 0 Å². The molecule has 0 aliphatic carbocycles. The lowest BCUT2D eigenvalue weighted by Crippen LogP contribution is -2.44. The topological polar surface area (TPSA) is 63.5 Å². The molecular formula is C19H31N5O2. The molecule has 7 nitrogen and oxygen atoms in total. The first-order valence-corrected chi connectivity index (χ1v) is 10.0. The van der Waals surface area contributed by atoms with E-state index in [-0.39, 0.29) is 11.3 Å². The molecule has 144 valence electrons. The quantitative estimate of drug-likeness (QED) is 0.817. The van der Waals surface area contributed by atoms with Gasteiger partial charge in [0.05, 0.1) is 12.7 Å². The van der Waals surface area contributed by atoms with Crippen molar-refractivity contribution < 1.29 is 9.53 Å². The fourth-order valence-corrected chi connectivity index (χ4v) is 4.92. The number of piperidine rings is 2. The van der Waals surface area contributed by atoms with E-state index in [0.29, 0.717) is 11.9 Å². The highest BCUT2D eigenvalue weighted by Gasteiger charge is 2.43. The second-order valence-corrected chi connectivity index (χ2v) is 8.64. The van der Waals surface area contributed by atoms with Crippen molar-refractivity contribution in [2.75, 3.05) is 39.3 Å². The molecule has 4 heterocycles. The molecule has 3 aliphatic heterocycles. The summed E-state index contributed by atoms with van der Waals surface area (Å²) < 4.78 is 7.76. The van der Waals surface area contributed by atoms with Crippen molar-refractivity contribution >= 4 is 5.91 Å². The molecule has 0 bridgehead atoms. The number of carbonyl (C=O) groups excluding carboxylic acids is 1. The highest BCUT2D eigenvalue weighted by Crippen LogP contribution is 2.42. The fraction of sp³-hybridized carbons (Fsp3) is 0.842. The lowest BCUT2D eigenvalue weighted by atomic mass is 9.76. The fourth-order valence-electron chi connectivity index (χ4n) is 4.92. The van der Waals surface area contributed by atoms with Gasteiger partial charge in [0.1, 0.15) is 6.33 Å². The van der Waals surface area contributed by atoms with E-state index in [0.717, 1.165) is 51.4 Å². The van der Waals surface area contributed by atoms with Crippen LogP contribution in [0.25, 0.3) is 0 Å². The van der Waals surface area contributed by atoms with Gasteiger partial charge in [-0.2, -0.15) is 5.10 Å². The Balaban J connectivity index is 1.29. The first-order chi connectivity index (χ1) is 12.5. The molecule has 3 saturated heterocycles. The molecule has 0 aromatic carbocycles. The predicted octanol–water partition coefficient (Wildman–Crippen LogP) is 1.56. The maximum Gasteiger partial charge on any atom is 0.291 e. The number of hydrogen-bond acceptors (Lipinski definition) is 5. The van der Waals surface area contributed by atoms with Crippen molar-refractivity contribution in [3.63, 3.8) is 0 Å². The molecule has 4 rings (SSSR count). The third-order valence-corrected chi connectivity index (χ3v) is 6.50. The van der Waals surface area contributed by atoms with Gasteiger partial charge in [-0.1, -0.05) is 6.92 Å². The van der Waals surface area contributed by atoms with Gasteiger partial charge in [-0.3, -0.25) is 4.79 Å². The molecule has 1 amide bonds. The molecule has 0 N–H and O–H groups in total. The van der Waals surface area contributed by atoms with Crippen molar-refractivity contribution in [1.29, 1.82) is 0 Å². The Hall–Kier alpha value is -1.47. The monoisotopic (exact) mass is 361 g/mol. The van der Waals surface area contributed by atoms with Crippen LogP contribution in [0.4, 0.5) is 0 Å². The smallest absolute Gasteiger partial charge is 0.291 e. The SMILES string of the molecule is C[C@H]1CCCN(C[C@@H]2CC3(CCN(C(=O)c4ncnn4C)CC3)CO2)C1. The van der Waals surface area contributed by atoms with Crippen LogP contribution in [0.1, 0.15) is 49.6 Å². The van der Waals surface area contributed by atoms with Crippen molar-refractivity contribution in [3.05, 3.63) is 12.2 Å². The van der Waals surface area contributed by atoms with E-state index in [1.165, 1.54) is 32.3 Å². The molecule has 2 atom stereocenters. The molecule has 1 aromatic heterocycles. The number of likely N-dealkylation sites (tertiary alicyclic amines) is 2. The predicted molar refractivity (Wildman–Crippen MR) is 97.8 cm³/mol. The molecule has 3 fully saturated rings. The van der Waals surface area contributed by atoms with Gasteiger partial charge in [0.25, 0.3) is 5.91 Å². The standard InChI is InChI=1S/C19H31N5O2/c1-15-4-3-7-23(11-15)12-16-10-19(13-26-16)5-8-24(9-6-19)18(25)17-20-14-21-22(17)2/h14-16H,3-13H2,1-2H3/t15-,16-/m0/s1. The van der Waals surface area contributed by atoms with E-state index >= 15 is 0 Å². The van der Waals surface area contributed by atoms with Gasteiger partial charge < -0.3 is 14.5 Å². The summed E-state index contributed by atoms with van der Waals surface area (Å²) in [4.78, 5) is 21.2. The van der Waals surface area contributed by atoms with Crippen LogP contribution in [0.2, 0.25) is 0 Å². The largest absolute Gasteiger partial charge is 0.376 e. The summed E-state index contributed by atoms with van der Waals surface area (Å²) in [6.45, 7) is 8.31. The first kappa shape index (κ1) is 17.9. The number of nitrogens with zero attached hydrogens (tertiary/aromatic N) is 5. The summed E-state index contributed by atoms with van der Waals surface area (Å²) >= 11 is 0. The van der Waals surface area contributed by atoms with E-state index in [9.17, 15) is 4.79 Å². The molecular weight excluding hydrogens is 330 g/mol. The Bertz CT molecular complexity index is 638. The van der Waals surface area contributed by atoms with Crippen LogP contribution in [0.3, 0.4) is 0 Å². The minimum atomic E-state index is -0.00220. The Morgan fingerprint density at radius 2 is 2.15 bits per heavy atom. The van der Waals surface area contributed by atoms with Crippen molar-refractivity contribution in [2.24, 2.45) is 18.4 Å². The summed E-state index contributed by atoms with van der Waals surface area (Å²) in [5.74, 6) is 1.24. The minimum Gasteiger partial charge on any atom is -0.376 e. The lowest BCUT2D eigenvalue weighted by Gasteiger charge is -2.38. The molecule has 0 radical (unpaired) electrons. The first-order valence-electron chi connectivity index (χ1n) is 10.0. The van der Waals surface area contributed by atoms with Gasteiger partial charge in [0.15, 0.2) is 0 Å². The number of amides is 1. The van der Waals surface area contributed by atoms with Crippen molar-refractivity contribution in [1.82, 2.24) is 24.6 Å². The highest BCUT2D eigenvalue weighted by molar-refractivity contribution is 5.90. The summed E-state index contributed by atoms with van der Waals surface area (Å²) in [5.41, 5.74) is 0.267. The molecule has 1 aromatic rings. The normalized spacial score (nSPS) is 29.4. The molecule has 0 unspecified atom stereocenters. The minimum absolute atomic E-state index is 0.00220. The van der Waals surface area contributed by atoms with Crippen molar-refractivity contribution in [2.45, 2.75) is 45.1 Å². The second kappa shape index (κ2) is 7.27. The molecule has 26 heavy (non-hydrogen) atoms. The zero-order chi connectivity index (χ0) is 18.1. The van der Waals surface area contributed by atoms with E-state index in [4.69, 9.17) is 4.74 Å². The Kier molecular flexibility index (Phi) is 5.01. The number of hydrogen-bond donors (Lipinski definition) is 0. The third kappa shape index (κ3) is 3.64. The zero-order valence-corrected chi connectivity index (χ0v) is 16.1. The van der Waals surface area contributed by atoms with Crippen LogP contribution >= 0.6 is 0 Å². The number of aryl methyl sites for hydroxylation is 1.